The Kier molecular flexibility index (Phi) is 3.58. The maximum Gasteiger partial charge on any atom is 0.323 e. The highest BCUT2D eigenvalue weighted by Gasteiger charge is 2.28. The van der Waals surface area contributed by atoms with Gasteiger partial charge in [0.05, 0.1) is 12.7 Å². The summed E-state index contributed by atoms with van der Waals surface area (Å²) in [5.74, 6) is -2.08. The zero-order valence-corrected chi connectivity index (χ0v) is 9.74. The van der Waals surface area contributed by atoms with Crippen LogP contribution in [0.3, 0.4) is 0 Å². The number of carboxylic acid groups (broad SMARTS) is 1. The van der Waals surface area contributed by atoms with Gasteiger partial charge in [0.15, 0.2) is 0 Å². The SMILES string of the molecule is Cc1cc(F)c(C2CNC(C(=O)O)CO2)cc1F. The quantitative estimate of drug-likeness (QED) is 0.840. The number of nitrogens with one attached hydrogen (secondary N) is 1. The highest BCUT2D eigenvalue weighted by molar-refractivity contribution is 5.73. The monoisotopic (exact) mass is 257 g/mol. The highest BCUT2D eigenvalue weighted by Crippen LogP contribution is 2.25. The van der Waals surface area contributed by atoms with Crippen LogP contribution in [-0.2, 0) is 9.53 Å². The Morgan fingerprint density at radius 2 is 2.17 bits per heavy atom. The molecule has 0 aliphatic carbocycles. The van der Waals surface area contributed by atoms with E-state index in [1.165, 1.54) is 6.92 Å². The predicted octanol–water partition coefficient (Wildman–Crippen LogP) is 1.39. The lowest BCUT2D eigenvalue weighted by Gasteiger charge is -2.28. The Morgan fingerprint density at radius 3 is 2.72 bits per heavy atom. The maximum absolute atomic E-state index is 13.7. The van der Waals surface area contributed by atoms with E-state index in [0.29, 0.717) is 0 Å². The first-order valence-electron chi connectivity index (χ1n) is 5.52. The van der Waals surface area contributed by atoms with Crippen molar-refractivity contribution in [2.75, 3.05) is 13.2 Å². The van der Waals surface area contributed by atoms with Crippen LogP contribution < -0.4 is 5.32 Å². The molecule has 0 bridgehead atoms. The minimum atomic E-state index is -1.02. The smallest absolute Gasteiger partial charge is 0.323 e. The van der Waals surface area contributed by atoms with Gasteiger partial charge >= 0.3 is 5.97 Å². The molecule has 1 saturated heterocycles. The molecule has 1 heterocycles. The summed E-state index contributed by atoms with van der Waals surface area (Å²) in [6.45, 7) is 1.54. The summed E-state index contributed by atoms with van der Waals surface area (Å²) < 4.78 is 32.3. The molecule has 0 spiro atoms. The first-order chi connectivity index (χ1) is 8.49. The van der Waals surface area contributed by atoms with Gasteiger partial charge in [-0.3, -0.25) is 10.1 Å². The molecule has 1 aliphatic rings. The number of benzene rings is 1. The molecule has 98 valence electrons. The van der Waals surface area contributed by atoms with Crippen molar-refractivity contribution in [1.29, 1.82) is 0 Å². The lowest BCUT2D eigenvalue weighted by molar-refractivity contribution is -0.144. The molecule has 1 fully saturated rings. The average Bonchev–Trinajstić information content (AvgIpc) is 2.34. The van der Waals surface area contributed by atoms with Crippen molar-refractivity contribution < 1.29 is 23.4 Å². The molecular weight excluding hydrogens is 244 g/mol. The number of morpholine rings is 1. The Bertz CT molecular complexity index is 471. The van der Waals surface area contributed by atoms with Crippen LogP contribution in [0.25, 0.3) is 0 Å². The van der Waals surface area contributed by atoms with Crippen molar-refractivity contribution in [3.05, 3.63) is 34.9 Å². The highest BCUT2D eigenvalue weighted by atomic mass is 19.1. The number of halogens is 2. The summed E-state index contributed by atoms with van der Waals surface area (Å²) in [7, 11) is 0. The van der Waals surface area contributed by atoms with E-state index in [1.807, 2.05) is 0 Å². The van der Waals surface area contributed by atoms with Crippen molar-refractivity contribution >= 4 is 5.97 Å². The minimum absolute atomic E-state index is 0.0745. The van der Waals surface area contributed by atoms with Crippen molar-refractivity contribution in [3.63, 3.8) is 0 Å². The number of carboxylic acids is 1. The van der Waals surface area contributed by atoms with E-state index in [-0.39, 0.29) is 24.3 Å². The lowest BCUT2D eigenvalue weighted by Crippen LogP contribution is -2.47. The van der Waals surface area contributed by atoms with Gasteiger partial charge in [-0.2, -0.15) is 0 Å². The zero-order chi connectivity index (χ0) is 13.3. The molecule has 2 unspecified atom stereocenters. The third-order valence-corrected chi connectivity index (χ3v) is 2.94. The molecule has 6 heteroatoms. The van der Waals surface area contributed by atoms with Gasteiger partial charge in [0.25, 0.3) is 0 Å². The van der Waals surface area contributed by atoms with Gasteiger partial charge in [-0.1, -0.05) is 0 Å². The largest absolute Gasteiger partial charge is 0.480 e. The van der Waals surface area contributed by atoms with E-state index in [2.05, 4.69) is 5.32 Å². The third-order valence-electron chi connectivity index (χ3n) is 2.94. The average molecular weight is 257 g/mol. The van der Waals surface area contributed by atoms with Crippen LogP contribution in [0.1, 0.15) is 17.2 Å². The van der Waals surface area contributed by atoms with Crippen LogP contribution in [0.2, 0.25) is 0 Å². The Hall–Kier alpha value is -1.53. The van der Waals surface area contributed by atoms with E-state index >= 15 is 0 Å². The number of aliphatic carboxylic acids is 1. The van der Waals surface area contributed by atoms with Crippen molar-refractivity contribution in [2.24, 2.45) is 0 Å². The van der Waals surface area contributed by atoms with E-state index < -0.39 is 29.7 Å². The molecule has 18 heavy (non-hydrogen) atoms. The normalized spacial score (nSPS) is 23.9. The van der Waals surface area contributed by atoms with E-state index in [9.17, 15) is 13.6 Å². The van der Waals surface area contributed by atoms with Crippen LogP contribution in [0.4, 0.5) is 8.78 Å². The molecule has 2 N–H and O–H groups in total. The number of aryl methyl sites for hydroxylation is 1. The second kappa shape index (κ2) is 4.99. The summed E-state index contributed by atoms with van der Waals surface area (Å²) in [6, 6.07) is 1.40. The van der Waals surface area contributed by atoms with Gasteiger partial charge < -0.3 is 9.84 Å². The predicted molar refractivity (Wildman–Crippen MR) is 59.2 cm³/mol. The molecule has 0 radical (unpaired) electrons. The van der Waals surface area contributed by atoms with Gasteiger partial charge in [0, 0.05) is 12.1 Å². The third kappa shape index (κ3) is 2.49. The number of hydrogen-bond donors (Lipinski definition) is 2. The van der Waals surface area contributed by atoms with Gasteiger partial charge in [0.2, 0.25) is 0 Å². The maximum atomic E-state index is 13.7. The molecular formula is C12H13F2NO3. The molecule has 2 atom stereocenters. The van der Waals surface area contributed by atoms with Crippen LogP contribution in [0, 0.1) is 18.6 Å². The van der Waals surface area contributed by atoms with E-state index in [0.717, 1.165) is 12.1 Å². The molecule has 1 aliphatic heterocycles. The fourth-order valence-electron chi connectivity index (χ4n) is 1.85. The molecule has 0 saturated carbocycles. The molecule has 4 nitrogen and oxygen atoms in total. The molecule has 1 aromatic carbocycles. The fourth-order valence-corrected chi connectivity index (χ4v) is 1.85. The number of ether oxygens (including phenoxy) is 1. The second-order valence-corrected chi connectivity index (χ2v) is 4.24. The topological polar surface area (TPSA) is 58.6 Å². The first-order valence-corrected chi connectivity index (χ1v) is 5.52. The van der Waals surface area contributed by atoms with Gasteiger partial charge in [-0.25, -0.2) is 8.78 Å². The van der Waals surface area contributed by atoms with Crippen LogP contribution in [-0.4, -0.2) is 30.3 Å². The van der Waals surface area contributed by atoms with Crippen molar-refractivity contribution in [1.82, 2.24) is 5.32 Å². The number of rotatable bonds is 2. The number of hydrogen-bond acceptors (Lipinski definition) is 3. The summed E-state index contributed by atoms with van der Waals surface area (Å²) >= 11 is 0. The zero-order valence-electron chi connectivity index (χ0n) is 9.74. The van der Waals surface area contributed by atoms with Gasteiger partial charge in [-0.15, -0.1) is 0 Å². The molecule has 0 aromatic heterocycles. The van der Waals surface area contributed by atoms with E-state index in [4.69, 9.17) is 9.84 Å². The number of carbonyl (C=O) groups is 1. The first kappa shape index (κ1) is 12.9. The molecule has 2 rings (SSSR count). The summed E-state index contributed by atoms with van der Waals surface area (Å²) in [4.78, 5) is 10.7. The van der Waals surface area contributed by atoms with Gasteiger partial charge in [-0.05, 0) is 24.6 Å². The summed E-state index contributed by atoms with van der Waals surface area (Å²) in [6.07, 6.45) is -0.671. The van der Waals surface area contributed by atoms with Crippen LogP contribution in [0.5, 0.6) is 0 Å². The van der Waals surface area contributed by atoms with Crippen LogP contribution >= 0.6 is 0 Å². The summed E-state index contributed by atoms with van der Waals surface area (Å²) in [5, 5.41) is 11.5. The Labute approximate surface area is 103 Å². The fraction of sp³-hybridized carbons (Fsp3) is 0.417. The van der Waals surface area contributed by atoms with Gasteiger partial charge in [0.1, 0.15) is 17.7 Å². The minimum Gasteiger partial charge on any atom is -0.480 e. The second-order valence-electron chi connectivity index (χ2n) is 4.24. The Balaban J connectivity index is 2.15. The van der Waals surface area contributed by atoms with Crippen LogP contribution in [0.15, 0.2) is 12.1 Å². The Morgan fingerprint density at radius 1 is 1.44 bits per heavy atom. The van der Waals surface area contributed by atoms with Crippen molar-refractivity contribution in [2.45, 2.75) is 19.1 Å². The van der Waals surface area contributed by atoms with E-state index in [1.54, 1.807) is 0 Å². The standard InChI is InChI=1S/C12H13F2NO3/c1-6-2-9(14)7(3-8(6)13)11-4-15-10(5-18-11)12(16)17/h2-3,10-11,15H,4-5H2,1H3,(H,16,17). The summed E-state index contributed by atoms with van der Waals surface area (Å²) in [5.41, 5.74) is 0.331. The molecule has 0 amide bonds. The molecule has 1 aromatic rings. The lowest BCUT2D eigenvalue weighted by atomic mass is 10.0. The van der Waals surface area contributed by atoms with Crippen molar-refractivity contribution in [3.8, 4) is 0 Å².